The van der Waals surface area contributed by atoms with Crippen LogP contribution in [-0.2, 0) is 4.79 Å². The molecule has 0 aliphatic carbocycles. The second kappa shape index (κ2) is 6.10. The maximum absolute atomic E-state index is 13.1. The summed E-state index contributed by atoms with van der Waals surface area (Å²) in [5, 5.41) is 0. The Morgan fingerprint density at radius 3 is 2.74 bits per heavy atom. The molecule has 1 atom stereocenters. The van der Waals surface area contributed by atoms with Gasteiger partial charge in [-0.15, -0.1) is 0 Å². The van der Waals surface area contributed by atoms with Crippen LogP contribution in [-0.4, -0.2) is 23.9 Å². The zero-order valence-corrected chi connectivity index (χ0v) is 10.7. The molecule has 1 aromatic carbocycles. The molecule has 1 fully saturated rings. The van der Waals surface area contributed by atoms with E-state index in [1.807, 2.05) is 0 Å². The van der Waals surface area contributed by atoms with Gasteiger partial charge in [-0.25, -0.2) is 8.78 Å². The smallest absolute Gasteiger partial charge is 0.222 e. The Labute approximate surface area is 111 Å². The Morgan fingerprint density at radius 1 is 1.21 bits per heavy atom. The summed E-state index contributed by atoms with van der Waals surface area (Å²) in [4.78, 5) is 13.6. The number of hydrogen-bond donors (Lipinski definition) is 1. The Balaban J connectivity index is 2.04. The Kier molecular flexibility index (Phi) is 4.47. The minimum atomic E-state index is -0.907. The molecule has 5 heteroatoms. The predicted molar refractivity (Wildman–Crippen MR) is 68.3 cm³/mol. The van der Waals surface area contributed by atoms with E-state index in [0.29, 0.717) is 25.1 Å². The van der Waals surface area contributed by atoms with Crippen molar-refractivity contribution in [1.82, 2.24) is 4.90 Å². The number of benzene rings is 1. The molecule has 2 rings (SSSR count). The average Bonchev–Trinajstić information content (AvgIpc) is 2.58. The van der Waals surface area contributed by atoms with E-state index < -0.39 is 17.7 Å². The molecule has 1 saturated heterocycles. The molecule has 0 saturated carbocycles. The molecule has 0 bridgehead atoms. The average molecular weight is 268 g/mol. The topological polar surface area (TPSA) is 46.3 Å². The van der Waals surface area contributed by atoms with Gasteiger partial charge >= 0.3 is 0 Å². The number of rotatable bonds is 3. The van der Waals surface area contributed by atoms with Crippen molar-refractivity contribution < 1.29 is 13.6 Å². The van der Waals surface area contributed by atoms with Crippen molar-refractivity contribution in [3.05, 3.63) is 35.4 Å². The van der Waals surface area contributed by atoms with Crippen LogP contribution in [0.15, 0.2) is 18.2 Å². The maximum Gasteiger partial charge on any atom is 0.222 e. The first-order chi connectivity index (χ1) is 9.08. The number of halogens is 2. The first-order valence-electron chi connectivity index (χ1n) is 6.56. The van der Waals surface area contributed by atoms with Crippen LogP contribution < -0.4 is 5.73 Å². The van der Waals surface area contributed by atoms with Crippen LogP contribution in [0.5, 0.6) is 0 Å². The summed E-state index contributed by atoms with van der Waals surface area (Å²) in [5.74, 6) is -1.70. The third kappa shape index (κ3) is 3.50. The molecule has 1 unspecified atom stereocenters. The Bertz CT molecular complexity index is 465. The number of carbonyl (C=O) groups is 1. The number of carbonyl (C=O) groups excluding carboxylic acids is 1. The van der Waals surface area contributed by atoms with Crippen molar-refractivity contribution in [2.75, 3.05) is 13.1 Å². The van der Waals surface area contributed by atoms with Crippen LogP contribution in [0, 0.1) is 11.6 Å². The molecule has 1 aliphatic heterocycles. The Morgan fingerprint density at radius 2 is 2.00 bits per heavy atom. The normalized spacial score (nSPS) is 18.3. The van der Waals surface area contributed by atoms with Gasteiger partial charge in [0, 0.05) is 25.6 Å². The van der Waals surface area contributed by atoms with Gasteiger partial charge in [-0.3, -0.25) is 4.79 Å². The van der Waals surface area contributed by atoms with Crippen LogP contribution in [0.3, 0.4) is 0 Å². The third-order valence-corrected chi connectivity index (χ3v) is 3.46. The summed E-state index contributed by atoms with van der Waals surface area (Å²) in [6.07, 6.45) is 3.47. The van der Waals surface area contributed by atoms with E-state index >= 15 is 0 Å². The summed E-state index contributed by atoms with van der Waals surface area (Å²) < 4.78 is 26.0. The zero-order chi connectivity index (χ0) is 13.8. The lowest BCUT2D eigenvalue weighted by atomic mass is 10.1. The van der Waals surface area contributed by atoms with Crippen molar-refractivity contribution in [3.63, 3.8) is 0 Å². The molecule has 1 aliphatic rings. The molecule has 1 amide bonds. The van der Waals surface area contributed by atoms with Crippen LogP contribution >= 0.6 is 0 Å². The van der Waals surface area contributed by atoms with Crippen molar-refractivity contribution in [2.24, 2.45) is 5.73 Å². The quantitative estimate of drug-likeness (QED) is 0.914. The highest BCUT2D eigenvalue weighted by atomic mass is 19.2. The number of nitrogens with zero attached hydrogens (tertiary/aromatic N) is 1. The van der Waals surface area contributed by atoms with Gasteiger partial charge in [-0.2, -0.15) is 0 Å². The van der Waals surface area contributed by atoms with Crippen LogP contribution in [0.25, 0.3) is 0 Å². The second-order valence-electron chi connectivity index (χ2n) is 4.93. The molecule has 1 aromatic rings. The molecule has 0 radical (unpaired) electrons. The first-order valence-corrected chi connectivity index (χ1v) is 6.56. The van der Waals surface area contributed by atoms with Crippen LogP contribution in [0.4, 0.5) is 8.78 Å². The monoisotopic (exact) mass is 268 g/mol. The summed E-state index contributed by atoms with van der Waals surface area (Å²) in [7, 11) is 0. The summed E-state index contributed by atoms with van der Waals surface area (Å²) in [6, 6.07) is 3.14. The summed E-state index contributed by atoms with van der Waals surface area (Å²) >= 11 is 0. The minimum absolute atomic E-state index is 0.0931. The van der Waals surface area contributed by atoms with Gasteiger partial charge in [0.1, 0.15) is 0 Å². The van der Waals surface area contributed by atoms with Crippen molar-refractivity contribution >= 4 is 5.91 Å². The maximum atomic E-state index is 13.1. The molecule has 0 spiro atoms. The zero-order valence-electron chi connectivity index (χ0n) is 10.7. The molecule has 1 heterocycles. The number of likely N-dealkylation sites (tertiary alicyclic amines) is 1. The summed E-state index contributed by atoms with van der Waals surface area (Å²) in [5.41, 5.74) is 6.49. The lowest BCUT2D eigenvalue weighted by Crippen LogP contribution is -2.36. The number of hydrogen-bond acceptors (Lipinski definition) is 2. The van der Waals surface area contributed by atoms with E-state index in [-0.39, 0.29) is 5.91 Å². The van der Waals surface area contributed by atoms with Gasteiger partial charge in [0.15, 0.2) is 11.6 Å². The highest BCUT2D eigenvalue weighted by Gasteiger charge is 2.20. The minimum Gasteiger partial charge on any atom is -0.341 e. The fourth-order valence-electron chi connectivity index (χ4n) is 2.32. The largest absolute Gasteiger partial charge is 0.341 e. The summed E-state index contributed by atoms with van der Waals surface area (Å²) in [6.45, 7) is 1.04. The van der Waals surface area contributed by atoms with Crippen LogP contribution in [0.2, 0.25) is 0 Å². The van der Waals surface area contributed by atoms with E-state index in [0.717, 1.165) is 31.4 Å². The molecule has 0 aromatic heterocycles. The van der Waals surface area contributed by atoms with Gasteiger partial charge in [0.2, 0.25) is 5.91 Å². The van der Waals surface area contributed by atoms with Gasteiger partial charge in [0.25, 0.3) is 0 Å². The molecular formula is C14H18F2N2O. The SMILES string of the molecule is NC(CN1CCCCCC1=O)c1ccc(F)c(F)c1. The van der Waals surface area contributed by atoms with Crippen LogP contribution in [0.1, 0.15) is 37.3 Å². The van der Waals surface area contributed by atoms with E-state index in [4.69, 9.17) is 5.73 Å². The second-order valence-corrected chi connectivity index (χ2v) is 4.93. The van der Waals surface area contributed by atoms with Crippen molar-refractivity contribution in [1.29, 1.82) is 0 Å². The highest BCUT2D eigenvalue weighted by molar-refractivity contribution is 5.76. The molecular weight excluding hydrogens is 250 g/mol. The van der Waals surface area contributed by atoms with Gasteiger partial charge in [-0.05, 0) is 30.5 Å². The predicted octanol–water partition coefficient (Wildman–Crippen LogP) is 2.37. The standard InChI is InChI=1S/C14H18F2N2O/c15-11-6-5-10(8-12(11)16)13(17)9-18-7-3-1-2-4-14(18)19/h5-6,8,13H,1-4,7,9,17H2. The van der Waals surface area contributed by atoms with Crippen molar-refractivity contribution in [2.45, 2.75) is 31.7 Å². The van der Waals surface area contributed by atoms with E-state index in [9.17, 15) is 13.6 Å². The van der Waals surface area contributed by atoms with E-state index in [2.05, 4.69) is 0 Å². The van der Waals surface area contributed by atoms with Gasteiger partial charge < -0.3 is 10.6 Å². The van der Waals surface area contributed by atoms with E-state index in [1.165, 1.54) is 6.07 Å². The number of nitrogens with two attached hydrogens (primary N) is 1. The number of amides is 1. The third-order valence-electron chi connectivity index (χ3n) is 3.46. The lowest BCUT2D eigenvalue weighted by Gasteiger charge is -2.24. The van der Waals surface area contributed by atoms with Gasteiger partial charge in [-0.1, -0.05) is 12.5 Å². The van der Waals surface area contributed by atoms with Gasteiger partial charge in [0.05, 0.1) is 0 Å². The molecule has 2 N–H and O–H groups in total. The fourth-order valence-corrected chi connectivity index (χ4v) is 2.32. The lowest BCUT2D eigenvalue weighted by molar-refractivity contribution is -0.130. The molecule has 104 valence electrons. The first kappa shape index (κ1) is 13.9. The van der Waals surface area contributed by atoms with E-state index in [1.54, 1.807) is 4.90 Å². The molecule has 19 heavy (non-hydrogen) atoms. The highest BCUT2D eigenvalue weighted by Crippen LogP contribution is 2.18. The fraction of sp³-hybridized carbons (Fsp3) is 0.500. The Hall–Kier alpha value is -1.49. The van der Waals surface area contributed by atoms with Crippen molar-refractivity contribution in [3.8, 4) is 0 Å². The molecule has 3 nitrogen and oxygen atoms in total.